The smallest absolute Gasteiger partial charge is 0.324 e. The molecule has 1 fully saturated rings. The van der Waals surface area contributed by atoms with Crippen LogP contribution in [0.2, 0.25) is 0 Å². The first-order valence-corrected chi connectivity index (χ1v) is 8.60. The maximum Gasteiger partial charge on any atom is 0.324 e. The Morgan fingerprint density at radius 1 is 1.14 bits per heavy atom. The molecule has 1 aliphatic heterocycles. The van der Waals surface area contributed by atoms with Crippen molar-refractivity contribution in [2.75, 3.05) is 0 Å². The van der Waals surface area contributed by atoms with Gasteiger partial charge < -0.3 is 14.7 Å². The quantitative estimate of drug-likeness (QED) is 0.345. The minimum absolute atomic E-state index is 0.0135. The molecule has 9 heteroatoms. The molecule has 1 atom stereocenters. The van der Waals surface area contributed by atoms with Crippen LogP contribution in [0.3, 0.4) is 0 Å². The lowest BCUT2D eigenvalue weighted by Crippen LogP contribution is -2.50. The average Bonchev–Trinajstić information content (AvgIpc) is 2.77. The molecule has 0 aliphatic carbocycles. The Hall–Kier alpha value is -2.97. The second-order valence-corrected chi connectivity index (χ2v) is 7.25. The molecule has 0 bridgehead atoms. The summed E-state index contributed by atoms with van der Waals surface area (Å²) in [5.74, 6) is -8.31. The summed E-state index contributed by atoms with van der Waals surface area (Å²) < 4.78 is 39.8. The first-order chi connectivity index (χ1) is 12.9. The van der Waals surface area contributed by atoms with Gasteiger partial charge in [-0.25, -0.2) is 18.1 Å². The number of aromatic nitrogens is 2. The van der Waals surface area contributed by atoms with Gasteiger partial charge in [-0.15, -0.1) is 0 Å². The van der Waals surface area contributed by atoms with Crippen LogP contribution in [0.1, 0.15) is 42.5 Å². The summed E-state index contributed by atoms with van der Waals surface area (Å²) in [6.45, 7) is 6.07. The molecule has 0 saturated carbocycles. The summed E-state index contributed by atoms with van der Waals surface area (Å²) in [6.07, 6.45) is 0. The fourth-order valence-electron chi connectivity index (χ4n) is 3.40. The maximum atomic E-state index is 13.9. The molecule has 1 aromatic heterocycles. The number of nitrogens with zero attached hydrogens (tertiary/aromatic N) is 2. The van der Waals surface area contributed by atoms with Crippen molar-refractivity contribution < 1.29 is 32.6 Å². The lowest BCUT2D eigenvalue weighted by atomic mass is 9.84. The SMILES string of the molecule is Cc1c(C)[n+]([O-])c([C@@H](c2ccc(F)c(F)c2)C2C(=O)OC(C)(C)OC2=O)n1C. The van der Waals surface area contributed by atoms with E-state index in [1.807, 2.05) is 0 Å². The molecule has 0 amide bonds. The first-order valence-electron chi connectivity index (χ1n) is 8.60. The highest BCUT2D eigenvalue weighted by molar-refractivity contribution is 5.98. The number of cyclic esters (lactones) is 2. The van der Waals surface area contributed by atoms with Crippen LogP contribution in [0.5, 0.6) is 0 Å². The van der Waals surface area contributed by atoms with Crippen molar-refractivity contribution in [1.29, 1.82) is 0 Å². The normalized spacial score (nSPS) is 18.0. The Balaban J connectivity index is 2.24. The Labute approximate surface area is 160 Å². The average molecular weight is 394 g/mol. The van der Waals surface area contributed by atoms with Crippen molar-refractivity contribution in [3.05, 3.63) is 57.8 Å². The second-order valence-electron chi connectivity index (χ2n) is 7.25. The van der Waals surface area contributed by atoms with Gasteiger partial charge in [-0.2, -0.15) is 0 Å². The number of rotatable bonds is 3. The first kappa shape index (κ1) is 19.8. The lowest BCUT2D eigenvalue weighted by Gasteiger charge is -2.35. The van der Waals surface area contributed by atoms with Crippen LogP contribution in [0.15, 0.2) is 18.2 Å². The summed E-state index contributed by atoms with van der Waals surface area (Å²) in [6, 6.07) is 2.96. The molecule has 1 saturated heterocycles. The predicted molar refractivity (Wildman–Crippen MR) is 91.8 cm³/mol. The zero-order valence-corrected chi connectivity index (χ0v) is 16.1. The van der Waals surface area contributed by atoms with Gasteiger partial charge in [0.15, 0.2) is 17.6 Å². The third-order valence-corrected chi connectivity index (χ3v) is 5.00. The van der Waals surface area contributed by atoms with Crippen molar-refractivity contribution >= 4 is 11.9 Å². The largest absolute Gasteiger partial charge is 0.711 e. The van der Waals surface area contributed by atoms with Gasteiger partial charge >= 0.3 is 11.9 Å². The number of carbonyl (C=O) groups excluding carboxylic acids is 2. The van der Waals surface area contributed by atoms with Gasteiger partial charge in [0.25, 0.3) is 11.6 Å². The molecule has 1 aliphatic rings. The summed E-state index contributed by atoms with van der Waals surface area (Å²) in [7, 11) is 1.59. The Bertz CT molecular complexity index is 938. The highest BCUT2D eigenvalue weighted by atomic mass is 19.2. The summed E-state index contributed by atoms with van der Waals surface area (Å²) in [5.41, 5.74) is 1.01. The molecule has 3 rings (SSSR count). The second kappa shape index (κ2) is 6.57. The number of carbonyl (C=O) groups is 2. The minimum atomic E-state index is -1.55. The number of imidazole rings is 1. The van der Waals surface area contributed by atoms with Gasteiger partial charge in [0.2, 0.25) is 0 Å². The van der Waals surface area contributed by atoms with Crippen molar-refractivity contribution in [2.24, 2.45) is 13.0 Å². The van der Waals surface area contributed by atoms with Crippen LogP contribution in [-0.2, 0) is 26.1 Å². The molecule has 7 nitrogen and oxygen atoms in total. The van der Waals surface area contributed by atoms with Gasteiger partial charge in [-0.05, 0) is 17.7 Å². The van der Waals surface area contributed by atoms with E-state index >= 15 is 0 Å². The highest BCUT2D eigenvalue weighted by Crippen LogP contribution is 2.38. The Morgan fingerprint density at radius 2 is 1.71 bits per heavy atom. The van der Waals surface area contributed by atoms with Crippen LogP contribution in [0, 0.1) is 36.6 Å². The van der Waals surface area contributed by atoms with E-state index in [-0.39, 0.29) is 11.4 Å². The van der Waals surface area contributed by atoms with E-state index in [1.165, 1.54) is 24.5 Å². The van der Waals surface area contributed by atoms with E-state index in [0.717, 1.165) is 12.1 Å². The van der Waals surface area contributed by atoms with Crippen molar-refractivity contribution in [1.82, 2.24) is 4.57 Å². The number of halogens is 2. The van der Waals surface area contributed by atoms with Crippen LogP contribution in [0.4, 0.5) is 8.78 Å². The van der Waals surface area contributed by atoms with Gasteiger partial charge in [-0.1, -0.05) is 6.07 Å². The van der Waals surface area contributed by atoms with Crippen molar-refractivity contribution in [2.45, 2.75) is 39.4 Å². The van der Waals surface area contributed by atoms with E-state index in [2.05, 4.69) is 0 Å². The summed E-state index contributed by atoms with van der Waals surface area (Å²) >= 11 is 0. The lowest BCUT2D eigenvalue weighted by molar-refractivity contribution is -0.621. The van der Waals surface area contributed by atoms with Crippen molar-refractivity contribution in [3.8, 4) is 0 Å². The van der Waals surface area contributed by atoms with Crippen LogP contribution >= 0.6 is 0 Å². The molecule has 1 aromatic carbocycles. The van der Waals surface area contributed by atoms with Gasteiger partial charge in [0, 0.05) is 27.7 Å². The van der Waals surface area contributed by atoms with E-state index in [4.69, 9.17) is 9.47 Å². The van der Waals surface area contributed by atoms with Crippen LogP contribution < -0.4 is 4.73 Å². The monoisotopic (exact) mass is 394 g/mol. The Kier molecular flexibility index (Phi) is 4.64. The predicted octanol–water partition coefficient (Wildman–Crippen LogP) is 2.14. The fraction of sp³-hybridized carbons (Fsp3) is 0.421. The van der Waals surface area contributed by atoms with E-state index in [0.29, 0.717) is 16.1 Å². The number of ether oxygens (including phenoxy) is 2. The molecule has 0 N–H and O–H groups in total. The molecular formula is C19H20F2N2O5. The van der Waals surface area contributed by atoms with E-state index < -0.39 is 41.2 Å². The molecule has 0 radical (unpaired) electrons. The molecular weight excluding hydrogens is 374 g/mol. The van der Waals surface area contributed by atoms with Crippen LogP contribution in [-0.4, -0.2) is 22.3 Å². The third-order valence-electron chi connectivity index (χ3n) is 5.00. The van der Waals surface area contributed by atoms with Gasteiger partial charge in [-0.3, -0.25) is 9.59 Å². The molecule has 2 heterocycles. The van der Waals surface area contributed by atoms with Crippen molar-refractivity contribution in [3.63, 3.8) is 0 Å². The van der Waals surface area contributed by atoms with Gasteiger partial charge in [0.05, 0.1) is 7.05 Å². The number of hydrogen-bond acceptors (Lipinski definition) is 5. The summed E-state index contributed by atoms with van der Waals surface area (Å²) in [5, 5.41) is 12.8. The van der Waals surface area contributed by atoms with E-state index in [1.54, 1.807) is 20.9 Å². The fourth-order valence-corrected chi connectivity index (χ4v) is 3.40. The minimum Gasteiger partial charge on any atom is -0.711 e. The number of esters is 2. The zero-order chi connectivity index (χ0) is 21.0. The highest BCUT2D eigenvalue weighted by Gasteiger charge is 2.51. The molecule has 2 aromatic rings. The number of benzene rings is 1. The van der Waals surface area contributed by atoms with E-state index in [9.17, 15) is 23.6 Å². The Morgan fingerprint density at radius 3 is 2.18 bits per heavy atom. The van der Waals surface area contributed by atoms with Crippen LogP contribution in [0.25, 0.3) is 0 Å². The zero-order valence-electron chi connectivity index (χ0n) is 16.1. The standard InChI is InChI=1S/C19H20F2N2O5/c1-9-10(2)23(26)16(22(9)5)14(11-6-7-12(20)13(21)8-11)15-17(24)27-19(3,4)28-18(15)25/h6-8,14-15H,1-5H3/t14-/m0/s1. The topological polar surface area (TPSA) is 84.5 Å². The maximum absolute atomic E-state index is 13.9. The third kappa shape index (κ3) is 3.10. The molecule has 28 heavy (non-hydrogen) atoms. The number of hydrogen-bond donors (Lipinski definition) is 0. The summed E-state index contributed by atoms with van der Waals surface area (Å²) in [4.78, 5) is 25.3. The molecule has 0 unspecified atom stereocenters. The molecule has 150 valence electrons. The molecule has 0 spiro atoms. The van der Waals surface area contributed by atoms with Gasteiger partial charge in [0.1, 0.15) is 17.3 Å².